The minimum absolute atomic E-state index is 0.255. The summed E-state index contributed by atoms with van der Waals surface area (Å²) in [4.78, 5) is 6.75. The van der Waals surface area contributed by atoms with Crippen molar-refractivity contribution in [3.63, 3.8) is 0 Å². The van der Waals surface area contributed by atoms with Crippen LogP contribution in [0.3, 0.4) is 0 Å². The minimum Gasteiger partial charge on any atom is -0.496 e. The van der Waals surface area contributed by atoms with E-state index in [-0.39, 0.29) is 12.2 Å². The monoisotopic (exact) mass is 302 g/mol. The molecule has 0 bridgehead atoms. The second-order valence-corrected chi connectivity index (χ2v) is 5.38. The second kappa shape index (κ2) is 7.45. The maximum Gasteiger partial charge on any atom is 0.129 e. The molecule has 1 aliphatic heterocycles. The quantitative estimate of drug-likeness (QED) is 0.843. The Bertz CT molecular complexity index is 605. The molecular weight excluding hydrogens is 276 g/mol. The largest absolute Gasteiger partial charge is 0.496 e. The number of rotatable bonds is 2. The number of morpholine rings is 1. The van der Waals surface area contributed by atoms with E-state index in [0.717, 1.165) is 29.7 Å². The normalized spacial score (nSPS) is 21.2. The zero-order chi connectivity index (χ0) is 16.1. The lowest BCUT2D eigenvalue weighted by atomic mass is 10.1. The van der Waals surface area contributed by atoms with Gasteiger partial charge in [0.1, 0.15) is 5.75 Å². The Labute approximate surface area is 133 Å². The standard InChI is InChI=1S/C16H20N2O2.C2H6/c1-11-9-18(10-12(2)20-11)13-4-5-15-14(8-13)16(19-3)6-7-17-15;1-2/h4-8,11-12H,9-10H2,1-3H3;1-2H3. The number of hydrogen-bond acceptors (Lipinski definition) is 4. The number of aromatic nitrogens is 1. The second-order valence-electron chi connectivity index (χ2n) is 5.38. The van der Waals surface area contributed by atoms with Gasteiger partial charge in [0.05, 0.1) is 24.8 Å². The summed E-state index contributed by atoms with van der Waals surface area (Å²) in [5, 5.41) is 1.05. The molecule has 4 heteroatoms. The van der Waals surface area contributed by atoms with E-state index in [2.05, 4.69) is 41.9 Å². The number of methoxy groups -OCH3 is 1. The van der Waals surface area contributed by atoms with Gasteiger partial charge in [-0.15, -0.1) is 0 Å². The molecule has 22 heavy (non-hydrogen) atoms. The van der Waals surface area contributed by atoms with Crippen LogP contribution in [-0.4, -0.2) is 37.4 Å². The van der Waals surface area contributed by atoms with Crippen LogP contribution >= 0.6 is 0 Å². The lowest BCUT2D eigenvalue weighted by Crippen LogP contribution is -2.45. The predicted octanol–water partition coefficient (Wildman–Crippen LogP) is 3.88. The molecule has 120 valence electrons. The van der Waals surface area contributed by atoms with Crippen LogP contribution in [0.2, 0.25) is 0 Å². The molecule has 4 nitrogen and oxygen atoms in total. The summed E-state index contributed by atoms with van der Waals surface area (Å²) in [7, 11) is 1.69. The van der Waals surface area contributed by atoms with Gasteiger partial charge in [-0.2, -0.15) is 0 Å². The topological polar surface area (TPSA) is 34.6 Å². The first-order chi connectivity index (χ1) is 10.7. The van der Waals surface area contributed by atoms with Crippen LogP contribution in [0.5, 0.6) is 5.75 Å². The molecule has 1 fully saturated rings. The van der Waals surface area contributed by atoms with Crippen molar-refractivity contribution in [3.8, 4) is 5.75 Å². The van der Waals surface area contributed by atoms with Crippen molar-refractivity contribution in [2.24, 2.45) is 0 Å². The molecule has 1 saturated heterocycles. The zero-order valence-corrected chi connectivity index (χ0v) is 14.2. The fraction of sp³-hybridized carbons (Fsp3) is 0.500. The van der Waals surface area contributed by atoms with E-state index in [9.17, 15) is 0 Å². The average Bonchev–Trinajstić information content (AvgIpc) is 2.54. The van der Waals surface area contributed by atoms with Gasteiger partial charge in [0.2, 0.25) is 0 Å². The van der Waals surface area contributed by atoms with Crippen molar-refractivity contribution in [2.75, 3.05) is 25.1 Å². The van der Waals surface area contributed by atoms with Crippen molar-refractivity contribution < 1.29 is 9.47 Å². The summed E-state index contributed by atoms with van der Waals surface area (Å²) >= 11 is 0. The Hall–Kier alpha value is -1.81. The molecule has 0 radical (unpaired) electrons. The Kier molecular flexibility index (Phi) is 5.61. The van der Waals surface area contributed by atoms with Crippen molar-refractivity contribution in [1.82, 2.24) is 4.98 Å². The highest BCUT2D eigenvalue weighted by atomic mass is 16.5. The molecule has 2 aromatic rings. The van der Waals surface area contributed by atoms with E-state index < -0.39 is 0 Å². The van der Waals surface area contributed by atoms with E-state index in [0.29, 0.717) is 0 Å². The number of nitrogens with zero attached hydrogens (tertiary/aromatic N) is 2. The maximum atomic E-state index is 5.79. The molecule has 0 N–H and O–H groups in total. The van der Waals surface area contributed by atoms with Gasteiger partial charge < -0.3 is 14.4 Å². The van der Waals surface area contributed by atoms with Gasteiger partial charge in [-0.1, -0.05) is 13.8 Å². The van der Waals surface area contributed by atoms with Crippen LogP contribution < -0.4 is 9.64 Å². The molecule has 1 aliphatic rings. The number of pyridine rings is 1. The fourth-order valence-electron chi connectivity index (χ4n) is 2.87. The van der Waals surface area contributed by atoms with Gasteiger partial charge >= 0.3 is 0 Å². The summed E-state index contributed by atoms with van der Waals surface area (Å²) in [5.41, 5.74) is 2.16. The highest BCUT2D eigenvalue weighted by molar-refractivity contribution is 5.88. The van der Waals surface area contributed by atoms with Crippen LogP contribution in [-0.2, 0) is 4.74 Å². The number of ether oxygens (including phenoxy) is 2. The van der Waals surface area contributed by atoms with Crippen LogP contribution in [0.25, 0.3) is 10.9 Å². The van der Waals surface area contributed by atoms with E-state index >= 15 is 0 Å². The molecule has 2 atom stereocenters. The molecule has 2 heterocycles. The molecule has 0 spiro atoms. The molecule has 3 rings (SSSR count). The van der Waals surface area contributed by atoms with Gasteiger partial charge in [0.15, 0.2) is 0 Å². The third kappa shape index (κ3) is 3.50. The Balaban J connectivity index is 0.000000847. The summed E-state index contributed by atoms with van der Waals surface area (Å²) in [5.74, 6) is 0.867. The predicted molar refractivity (Wildman–Crippen MR) is 91.9 cm³/mol. The number of benzene rings is 1. The van der Waals surface area contributed by atoms with E-state index in [1.165, 1.54) is 5.69 Å². The van der Waals surface area contributed by atoms with Crippen LogP contribution in [0, 0.1) is 0 Å². The SMILES string of the molecule is CC.COc1ccnc2ccc(N3CC(C)OC(C)C3)cc12. The first kappa shape index (κ1) is 16.6. The fourth-order valence-corrected chi connectivity index (χ4v) is 2.87. The molecular formula is C18H26N2O2. The van der Waals surface area contributed by atoms with E-state index in [1.54, 1.807) is 13.3 Å². The van der Waals surface area contributed by atoms with Gasteiger partial charge in [0.25, 0.3) is 0 Å². The van der Waals surface area contributed by atoms with Gasteiger partial charge in [-0.3, -0.25) is 4.98 Å². The van der Waals surface area contributed by atoms with Gasteiger partial charge in [-0.05, 0) is 38.1 Å². The average molecular weight is 302 g/mol. The first-order valence-corrected chi connectivity index (χ1v) is 8.00. The number of anilines is 1. The zero-order valence-electron chi connectivity index (χ0n) is 14.2. The lowest BCUT2D eigenvalue weighted by molar-refractivity contribution is -0.00520. The molecule has 2 unspecified atom stereocenters. The molecule has 0 aliphatic carbocycles. The third-order valence-electron chi connectivity index (χ3n) is 3.69. The highest BCUT2D eigenvalue weighted by Gasteiger charge is 2.22. The lowest BCUT2D eigenvalue weighted by Gasteiger charge is -2.37. The van der Waals surface area contributed by atoms with Crippen LogP contribution in [0.1, 0.15) is 27.7 Å². The summed E-state index contributed by atoms with van der Waals surface area (Å²) in [6, 6.07) is 8.24. The third-order valence-corrected chi connectivity index (χ3v) is 3.69. The Morgan fingerprint density at radius 2 is 1.82 bits per heavy atom. The Morgan fingerprint density at radius 3 is 2.45 bits per heavy atom. The number of fused-ring (bicyclic) bond motifs is 1. The van der Waals surface area contributed by atoms with Crippen molar-refractivity contribution in [1.29, 1.82) is 0 Å². The maximum absolute atomic E-state index is 5.79. The van der Waals surface area contributed by atoms with E-state index in [4.69, 9.17) is 9.47 Å². The Morgan fingerprint density at radius 1 is 1.14 bits per heavy atom. The smallest absolute Gasteiger partial charge is 0.129 e. The summed E-state index contributed by atoms with van der Waals surface area (Å²) in [6.45, 7) is 10.1. The van der Waals surface area contributed by atoms with Crippen LogP contribution in [0.4, 0.5) is 5.69 Å². The first-order valence-electron chi connectivity index (χ1n) is 8.00. The minimum atomic E-state index is 0.255. The van der Waals surface area contributed by atoms with Crippen molar-refractivity contribution >= 4 is 16.6 Å². The van der Waals surface area contributed by atoms with E-state index in [1.807, 2.05) is 19.9 Å². The molecule has 0 amide bonds. The summed E-state index contributed by atoms with van der Waals surface area (Å²) in [6.07, 6.45) is 2.29. The van der Waals surface area contributed by atoms with Crippen LogP contribution in [0.15, 0.2) is 30.5 Å². The molecule has 0 saturated carbocycles. The van der Waals surface area contributed by atoms with Crippen molar-refractivity contribution in [2.45, 2.75) is 39.9 Å². The highest BCUT2D eigenvalue weighted by Crippen LogP contribution is 2.29. The van der Waals surface area contributed by atoms with Gasteiger partial charge in [0, 0.05) is 30.4 Å². The number of hydrogen-bond donors (Lipinski definition) is 0. The molecule has 1 aromatic carbocycles. The van der Waals surface area contributed by atoms with Gasteiger partial charge in [-0.25, -0.2) is 0 Å². The molecule has 1 aromatic heterocycles. The van der Waals surface area contributed by atoms with Crippen molar-refractivity contribution in [3.05, 3.63) is 30.5 Å². The summed E-state index contributed by atoms with van der Waals surface area (Å²) < 4.78 is 11.2.